The number of hydrogen-bond donors (Lipinski definition) is 2. The summed E-state index contributed by atoms with van der Waals surface area (Å²) in [6.45, 7) is -0.127. The molecule has 0 atom stereocenters. The fourth-order valence-electron chi connectivity index (χ4n) is 2.06. The molecule has 0 radical (unpaired) electrons. The van der Waals surface area contributed by atoms with Gasteiger partial charge in [-0.15, -0.1) is 0 Å². The molecule has 0 aliphatic heterocycles. The number of nitrogens with one attached hydrogen (secondary N) is 2. The van der Waals surface area contributed by atoms with Gasteiger partial charge in [0.05, 0.1) is 12.1 Å². The van der Waals surface area contributed by atoms with Crippen molar-refractivity contribution in [3.63, 3.8) is 0 Å². The minimum absolute atomic E-state index is 0.127. The molecule has 1 amide bonds. The van der Waals surface area contributed by atoms with Gasteiger partial charge in [0.1, 0.15) is 0 Å². The van der Waals surface area contributed by atoms with Gasteiger partial charge >= 0.3 is 6.18 Å². The van der Waals surface area contributed by atoms with Crippen molar-refractivity contribution in [3.05, 3.63) is 29.8 Å². The summed E-state index contributed by atoms with van der Waals surface area (Å²) in [7, 11) is 0. The number of carbonyl (C=O) groups excluding carboxylic acids is 1. The Morgan fingerprint density at radius 3 is 2.62 bits per heavy atom. The first-order valence-corrected chi connectivity index (χ1v) is 6.70. The Kier molecular flexibility index (Phi) is 4.82. The third kappa shape index (κ3) is 4.77. The molecule has 114 valence electrons. The summed E-state index contributed by atoms with van der Waals surface area (Å²) in [5.41, 5.74) is 2.86. The molecule has 1 aromatic rings. The van der Waals surface area contributed by atoms with E-state index in [4.69, 9.17) is 0 Å². The summed E-state index contributed by atoms with van der Waals surface area (Å²) < 4.78 is 37.6. The van der Waals surface area contributed by atoms with Crippen LogP contribution in [0.25, 0.3) is 0 Å². The zero-order valence-corrected chi connectivity index (χ0v) is 11.3. The highest BCUT2D eigenvalue weighted by Crippen LogP contribution is 2.30. The average Bonchev–Trinajstić information content (AvgIpc) is 2.95. The molecule has 0 saturated heterocycles. The topological polar surface area (TPSA) is 53.5 Å². The number of hydrogen-bond acceptors (Lipinski definition) is 3. The zero-order chi connectivity index (χ0) is 15.3. The highest BCUT2D eigenvalue weighted by molar-refractivity contribution is 5.88. The molecule has 0 heterocycles. The molecule has 2 rings (SSSR count). The molecule has 1 fully saturated rings. The van der Waals surface area contributed by atoms with Crippen molar-refractivity contribution in [3.8, 4) is 0 Å². The van der Waals surface area contributed by atoms with Crippen LogP contribution < -0.4 is 10.7 Å². The number of hydrazone groups is 1. The van der Waals surface area contributed by atoms with Gasteiger partial charge < -0.3 is 5.32 Å². The third-order valence-electron chi connectivity index (χ3n) is 3.16. The lowest BCUT2D eigenvalue weighted by Crippen LogP contribution is -2.26. The number of carbonyl (C=O) groups is 1. The summed E-state index contributed by atoms with van der Waals surface area (Å²) in [4.78, 5) is 11.6. The maximum atomic E-state index is 12.5. The Morgan fingerprint density at radius 2 is 1.95 bits per heavy atom. The highest BCUT2D eigenvalue weighted by atomic mass is 19.4. The lowest BCUT2D eigenvalue weighted by molar-refractivity contribution is -0.137. The van der Waals surface area contributed by atoms with Crippen molar-refractivity contribution in [1.29, 1.82) is 0 Å². The van der Waals surface area contributed by atoms with Crippen LogP contribution in [0.15, 0.2) is 29.4 Å². The Labute approximate surface area is 120 Å². The molecule has 4 nitrogen and oxygen atoms in total. The second-order valence-corrected chi connectivity index (χ2v) is 4.85. The van der Waals surface area contributed by atoms with Crippen LogP contribution >= 0.6 is 0 Å². The van der Waals surface area contributed by atoms with Gasteiger partial charge in [-0.25, -0.2) is 5.43 Å². The van der Waals surface area contributed by atoms with Gasteiger partial charge in [-0.05, 0) is 43.9 Å². The average molecular weight is 299 g/mol. The molecule has 2 N–H and O–H groups in total. The monoisotopic (exact) mass is 299 g/mol. The number of amides is 1. The minimum Gasteiger partial charge on any atom is -0.376 e. The van der Waals surface area contributed by atoms with Gasteiger partial charge in [0.25, 0.3) is 5.91 Å². The van der Waals surface area contributed by atoms with Gasteiger partial charge in [-0.2, -0.15) is 18.3 Å². The molecule has 1 aliphatic rings. The third-order valence-corrected chi connectivity index (χ3v) is 3.16. The van der Waals surface area contributed by atoms with E-state index in [9.17, 15) is 18.0 Å². The highest BCUT2D eigenvalue weighted by Gasteiger charge is 2.30. The molecule has 1 aromatic carbocycles. The molecule has 1 aliphatic carbocycles. The van der Waals surface area contributed by atoms with Gasteiger partial charge in [-0.3, -0.25) is 4.79 Å². The molecule has 0 aromatic heterocycles. The van der Waals surface area contributed by atoms with E-state index in [2.05, 4.69) is 15.8 Å². The lowest BCUT2D eigenvalue weighted by atomic mass is 10.2. The summed E-state index contributed by atoms with van der Waals surface area (Å²) in [6.07, 6.45) is -0.453. The van der Waals surface area contributed by atoms with Crippen LogP contribution in [0.4, 0.5) is 18.9 Å². The smallest absolute Gasteiger partial charge is 0.376 e. The molecule has 7 heteroatoms. The van der Waals surface area contributed by atoms with Crippen LogP contribution in [-0.4, -0.2) is 18.2 Å². The van der Waals surface area contributed by atoms with E-state index in [-0.39, 0.29) is 18.1 Å². The molecule has 0 bridgehead atoms. The molecule has 1 saturated carbocycles. The Balaban J connectivity index is 1.85. The summed E-state index contributed by atoms with van der Waals surface area (Å²) in [6, 6.07) is 4.72. The predicted octanol–water partition coefficient (Wildman–Crippen LogP) is 3.16. The number of rotatable bonds is 4. The van der Waals surface area contributed by atoms with Gasteiger partial charge in [0, 0.05) is 11.4 Å². The van der Waals surface area contributed by atoms with E-state index in [0.717, 1.165) is 43.5 Å². The second-order valence-electron chi connectivity index (χ2n) is 4.85. The van der Waals surface area contributed by atoms with Crippen LogP contribution in [0.3, 0.4) is 0 Å². The Morgan fingerprint density at radius 1 is 1.24 bits per heavy atom. The maximum Gasteiger partial charge on any atom is 0.416 e. The van der Waals surface area contributed by atoms with E-state index in [1.165, 1.54) is 12.1 Å². The quantitative estimate of drug-likeness (QED) is 0.839. The lowest BCUT2D eigenvalue weighted by Gasteiger charge is -2.10. The number of benzene rings is 1. The summed E-state index contributed by atoms with van der Waals surface area (Å²) >= 11 is 0. The van der Waals surface area contributed by atoms with Crippen LogP contribution in [-0.2, 0) is 11.0 Å². The standard InChI is InChI=1S/C14H16F3N3O/c15-14(16,17)10-4-3-7-12(8-10)18-9-13(21)20-19-11-5-1-2-6-11/h3-4,7-8,18H,1-2,5-6,9H2,(H,20,21). The predicted molar refractivity (Wildman–Crippen MR) is 74.0 cm³/mol. The summed E-state index contributed by atoms with van der Waals surface area (Å²) in [5.74, 6) is -0.383. The number of nitrogens with zero attached hydrogens (tertiary/aromatic N) is 1. The van der Waals surface area contributed by atoms with E-state index in [1.807, 2.05) is 0 Å². The normalized spacial score (nSPS) is 14.9. The Hall–Kier alpha value is -2.05. The van der Waals surface area contributed by atoms with Crippen LogP contribution in [0.1, 0.15) is 31.2 Å². The fourth-order valence-corrected chi connectivity index (χ4v) is 2.06. The van der Waals surface area contributed by atoms with E-state index >= 15 is 0 Å². The van der Waals surface area contributed by atoms with Crippen molar-refractivity contribution in [2.75, 3.05) is 11.9 Å². The van der Waals surface area contributed by atoms with E-state index in [1.54, 1.807) is 0 Å². The van der Waals surface area contributed by atoms with Crippen molar-refractivity contribution < 1.29 is 18.0 Å². The number of anilines is 1. The van der Waals surface area contributed by atoms with Crippen LogP contribution in [0.5, 0.6) is 0 Å². The molecular weight excluding hydrogens is 283 g/mol. The molecule has 0 unspecified atom stereocenters. The first-order chi connectivity index (χ1) is 9.95. The maximum absolute atomic E-state index is 12.5. The minimum atomic E-state index is -4.39. The van der Waals surface area contributed by atoms with Crippen LogP contribution in [0, 0.1) is 0 Å². The Bertz CT molecular complexity index is 533. The molecule has 0 spiro atoms. The van der Waals surface area contributed by atoms with Crippen LogP contribution in [0.2, 0.25) is 0 Å². The largest absolute Gasteiger partial charge is 0.416 e. The van der Waals surface area contributed by atoms with Crippen molar-refractivity contribution in [2.24, 2.45) is 5.10 Å². The number of alkyl halides is 3. The first-order valence-electron chi connectivity index (χ1n) is 6.70. The molecule has 21 heavy (non-hydrogen) atoms. The van der Waals surface area contributed by atoms with E-state index < -0.39 is 11.7 Å². The zero-order valence-electron chi connectivity index (χ0n) is 11.3. The molecular formula is C14H16F3N3O. The van der Waals surface area contributed by atoms with Crippen molar-refractivity contribution in [2.45, 2.75) is 31.9 Å². The van der Waals surface area contributed by atoms with Crippen molar-refractivity contribution in [1.82, 2.24) is 5.43 Å². The fraction of sp³-hybridized carbons (Fsp3) is 0.429. The summed E-state index contributed by atoms with van der Waals surface area (Å²) in [5, 5.41) is 6.64. The van der Waals surface area contributed by atoms with Gasteiger partial charge in [0.2, 0.25) is 0 Å². The van der Waals surface area contributed by atoms with E-state index in [0.29, 0.717) is 0 Å². The van der Waals surface area contributed by atoms with Gasteiger partial charge in [0.15, 0.2) is 0 Å². The number of halogens is 3. The van der Waals surface area contributed by atoms with Gasteiger partial charge in [-0.1, -0.05) is 6.07 Å². The first kappa shape index (κ1) is 15.3. The SMILES string of the molecule is O=C(CNc1cccc(C(F)(F)F)c1)NN=C1CCCC1. The second kappa shape index (κ2) is 6.60. The van der Waals surface area contributed by atoms with Crippen molar-refractivity contribution >= 4 is 17.3 Å².